The molecule has 0 saturated heterocycles. The van der Waals surface area contributed by atoms with Gasteiger partial charge in [-0.25, -0.2) is 0 Å². The summed E-state index contributed by atoms with van der Waals surface area (Å²) in [6.45, 7) is 4.37. The minimum Gasteiger partial charge on any atom is -0.333 e. The number of hydrogen-bond acceptors (Lipinski definition) is 1. The molecule has 0 aliphatic heterocycles. The van der Waals surface area contributed by atoms with Crippen molar-refractivity contribution >= 4 is 23.0 Å². The number of nitrogens with one attached hydrogen (secondary N) is 2. The molecule has 1 aliphatic rings. The molecular formula is C16H19N2S. The zero-order chi connectivity index (χ0) is 13.7. The Morgan fingerprint density at radius 1 is 1.26 bits per heavy atom. The molecule has 1 radical (unpaired) electrons. The topological polar surface area (TPSA) is 24.1 Å². The fourth-order valence-electron chi connectivity index (χ4n) is 1.88. The molecular weight excluding hydrogens is 252 g/mol. The van der Waals surface area contributed by atoms with Gasteiger partial charge in [-0.1, -0.05) is 38.1 Å². The zero-order valence-electron chi connectivity index (χ0n) is 11.3. The van der Waals surface area contributed by atoms with Crippen LogP contribution in [-0.4, -0.2) is 5.11 Å². The van der Waals surface area contributed by atoms with Gasteiger partial charge in [-0.2, -0.15) is 0 Å². The van der Waals surface area contributed by atoms with Crippen LogP contribution in [0.4, 0.5) is 5.69 Å². The van der Waals surface area contributed by atoms with Gasteiger partial charge in [0, 0.05) is 11.4 Å². The van der Waals surface area contributed by atoms with Crippen molar-refractivity contribution in [1.29, 1.82) is 0 Å². The van der Waals surface area contributed by atoms with E-state index in [-0.39, 0.29) is 0 Å². The first-order chi connectivity index (χ1) is 9.15. The third-order valence-corrected chi connectivity index (χ3v) is 3.16. The van der Waals surface area contributed by atoms with Crippen LogP contribution in [0.3, 0.4) is 0 Å². The molecule has 2 N–H and O–H groups in total. The van der Waals surface area contributed by atoms with Crippen LogP contribution in [0.5, 0.6) is 0 Å². The number of hydrogen-bond donors (Lipinski definition) is 2. The molecule has 0 heterocycles. The van der Waals surface area contributed by atoms with Crippen molar-refractivity contribution in [2.24, 2.45) is 0 Å². The Labute approximate surface area is 120 Å². The van der Waals surface area contributed by atoms with Gasteiger partial charge in [0.05, 0.1) is 0 Å². The fourth-order valence-corrected chi connectivity index (χ4v) is 2.11. The van der Waals surface area contributed by atoms with Gasteiger partial charge in [-0.15, -0.1) is 0 Å². The lowest BCUT2D eigenvalue weighted by Crippen LogP contribution is -2.27. The van der Waals surface area contributed by atoms with Crippen LogP contribution in [0, 0.1) is 6.42 Å². The van der Waals surface area contributed by atoms with E-state index in [1.54, 1.807) is 0 Å². The van der Waals surface area contributed by atoms with Crippen LogP contribution in [0.25, 0.3) is 0 Å². The molecule has 3 heteroatoms. The smallest absolute Gasteiger partial charge is 0.175 e. The standard InChI is InChI=1S/C16H19N2S/c1-12(2)13-7-6-10-15(11-13)18-16(19)17-14-8-4-3-5-9-14/h3-4,6-12H,5H2,1-2H3,(H2,17,18,19). The summed E-state index contributed by atoms with van der Waals surface area (Å²) in [5.74, 6) is 0.516. The molecule has 0 spiro atoms. The van der Waals surface area contributed by atoms with Gasteiger partial charge in [0.25, 0.3) is 0 Å². The first kappa shape index (κ1) is 13.8. The summed E-state index contributed by atoms with van der Waals surface area (Å²) in [4.78, 5) is 0. The van der Waals surface area contributed by atoms with Gasteiger partial charge >= 0.3 is 0 Å². The minimum atomic E-state index is 0.516. The summed E-state index contributed by atoms with van der Waals surface area (Å²) >= 11 is 5.32. The lowest BCUT2D eigenvalue weighted by atomic mass is 10.0. The highest BCUT2D eigenvalue weighted by molar-refractivity contribution is 7.80. The Morgan fingerprint density at radius 2 is 2.11 bits per heavy atom. The highest BCUT2D eigenvalue weighted by Gasteiger charge is 2.03. The van der Waals surface area contributed by atoms with Crippen LogP contribution >= 0.6 is 12.2 Å². The summed E-state index contributed by atoms with van der Waals surface area (Å²) in [6, 6.07) is 8.35. The van der Waals surface area contributed by atoms with Gasteiger partial charge in [-0.3, -0.25) is 0 Å². The van der Waals surface area contributed by atoms with E-state index in [9.17, 15) is 0 Å². The van der Waals surface area contributed by atoms with Gasteiger partial charge in [0.1, 0.15) is 0 Å². The van der Waals surface area contributed by atoms with Crippen LogP contribution in [0.1, 0.15) is 31.7 Å². The number of anilines is 1. The summed E-state index contributed by atoms with van der Waals surface area (Å²) < 4.78 is 0. The van der Waals surface area contributed by atoms with E-state index < -0.39 is 0 Å². The highest BCUT2D eigenvalue weighted by Crippen LogP contribution is 2.18. The maximum atomic E-state index is 5.32. The Hall–Kier alpha value is -1.61. The van der Waals surface area contributed by atoms with Gasteiger partial charge < -0.3 is 10.6 Å². The zero-order valence-corrected chi connectivity index (χ0v) is 12.1. The summed E-state index contributed by atoms with van der Waals surface area (Å²) in [6.07, 6.45) is 9.21. The Bertz CT molecular complexity index is 515. The van der Waals surface area contributed by atoms with E-state index in [0.717, 1.165) is 17.8 Å². The number of rotatable bonds is 3. The average molecular weight is 271 g/mol. The summed E-state index contributed by atoms with van der Waals surface area (Å²) in [5.41, 5.74) is 3.37. The summed E-state index contributed by atoms with van der Waals surface area (Å²) in [5, 5.41) is 7.03. The van der Waals surface area contributed by atoms with Crippen molar-refractivity contribution in [3.63, 3.8) is 0 Å². The number of allylic oxidation sites excluding steroid dienone is 3. The molecule has 99 valence electrons. The quantitative estimate of drug-likeness (QED) is 0.808. The highest BCUT2D eigenvalue weighted by atomic mass is 32.1. The maximum absolute atomic E-state index is 5.32. The predicted molar refractivity (Wildman–Crippen MR) is 86.0 cm³/mol. The second-order valence-corrected chi connectivity index (χ2v) is 5.26. The van der Waals surface area contributed by atoms with E-state index in [0.29, 0.717) is 11.0 Å². The van der Waals surface area contributed by atoms with Crippen molar-refractivity contribution in [2.45, 2.75) is 26.2 Å². The molecule has 0 amide bonds. The van der Waals surface area contributed by atoms with Crippen LogP contribution in [0.2, 0.25) is 0 Å². The van der Waals surface area contributed by atoms with E-state index >= 15 is 0 Å². The van der Waals surface area contributed by atoms with Crippen molar-refractivity contribution < 1.29 is 0 Å². The van der Waals surface area contributed by atoms with E-state index in [1.807, 2.05) is 18.2 Å². The summed E-state index contributed by atoms with van der Waals surface area (Å²) in [7, 11) is 0. The number of thiocarbonyl (C=S) groups is 1. The molecule has 1 aromatic carbocycles. The molecule has 0 bridgehead atoms. The monoisotopic (exact) mass is 271 g/mol. The van der Waals surface area contributed by atoms with E-state index in [4.69, 9.17) is 12.2 Å². The van der Waals surface area contributed by atoms with Crippen molar-refractivity contribution in [3.05, 3.63) is 60.2 Å². The lowest BCUT2D eigenvalue weighted by Gasteiger charge is -2.14. The SMILES string of the molecule is CC(C)c1cccc(NC(=S)NC2=CC[CH]C=C2)c1. The van der Waals surface area contributed by atoms with E-state index in [2.05, 4.69) is 55.2 Å². The van der Waals surface area contributed by atoms with Crippen LogP contribution < -0.4 is 10.6 Å². The average Bonchev–Trinajstić information content (AvgIpc) is 2.40. The molecule has 0 aromatic heterocycles. The predicted octanol–water partition coefficient (Wildman–Crippen LogP) is 4.14. The maximum Gasteiger partial charge on any atom is 0.175 e. The van der Waals surface area contributed by atoms with Crippen molar-refractivity contribution in [3.8, 4) is 0 Å². The minimum absolute atomic E-state index is 0.516. The molecule has 1 aliphatic carbocycles. The Kier molecular flexibility index (Phi) is 4.74. The second-order valence-electron chi connectivity index (χ2n) is 4.85. The molecule has 0 unspecified atom stereocenters. The third kappa shape index (κ3) is 4.21. The molecule has 1 aromatic rings. The van der Waals surface area contributed by atoms with Crippen LogP contribution in [0.15, 0.2) is 48.2 Å². The second kappa shape index (κ2) is 6.53. The number of benzene rings is 1. The molecule has 2 rings (SSSR count). The van der Waals surface area contributed by atoms with Gasteiger partial charge in [0.15, 0.2) is 5.11 Å². The van der Waals surface area contributed by atoms with Crippen molar-refractivity contribution in [2.75, 3.05) is 5.32 Å². The Balaban J connectivity index is 1.97. The molecule has 2 nitrogen and oxygen atoms in total. The molecule has 0 atom stereocenters. The normalized spacial score (nSPS) is 14.2. The lowest BCUT2D eigenvalue weighted by molar-refractivity contribution is 0.867. The first-order valence-corrected chi connectivity index (χ1v) is 6.94. The molecule has 19 heavy (non-hydrogen) atoms. The fraction of sp³-hybridized carbons (Fsp3) is 0.250. The Morgan fingerprint density at radius 3 is 2.79 bits per heavy atom. The molecule has 0 saturated carbocycles. The van der Waals surface area contributed by atoms with Gasteiger partial charge in [-0.05, 0) is 54.7 Å². The van der Waals surface area contributed by atoms with Gasteiger partial charge in [0.2, 0.25) is 0 Å². The van der Waals surface area contributed by atoms with E-state index in [1.165, 1.54) is 5.56 Å². The third-order valence-electron chi connectivity index (χ3n) is 2.95. The van der Waals surface area contributed by atoms with Crippen molar-refractivity contribution in [1.82, 2.24) is 5.32 Å². The molecule has 0 fully saturated rings. The first-order valence-electron chi connectivity index (χ1n) is 6.53. The van der Waals surface area contributed by atoms with Crippen LogP contribution in [-0.2, 0) is 0 Å². The largest absolute Gasteiger partial charge is 0.333 e.